The smallest absolute Gasteiger partial charge is 0.141 e. The summed E-state index contributed by atoms with van der Waals surface area (Å²) < 4.78 is 5.52. The zero-order valence-corrected chi connectivity index (χ0v) is 16.2. The van der Waals surface area contributed by atoms with Crippen LogP contribution in [0.3, 0.4) is 0 Å². The average molecular weight is 381 g/mol. The van der Waals surface area contributed by atoms with Crippen molar-refractivity contribution in [1.29, 1.82) is 0 Å². The van der Waals surface area contributed by atoms with Crippen LogP contribution in [-0.2, 0) is 0 Å². The van der Waals surface area contributed by atoms with Crippen LogP contribution < -0.4 is 10.1 Å². The molecule has 4 aromatic carbocycles. The summed E-state index contributed by atoms with van der Waals surface area (Å²) in [5, 5.41) is 14.8. The van der Waals surface area contributed by atoms with Crippen LogP contribution in [-0.4, -0.2) is 12.2 Å². The van der Waals surface area contributed by atoms with Gasteiger partial charge in [0.1, 0.15) is 11.5 Å². The van der Waals surface area contributed by atoms with Crippen LogP contribution in [0.25, 0.3) is 11.1 Å². The Morgan fingerprint density at radius 3 is 2.10 bits per heavy atom. The van der Waals surface area contributed by atoms with Crippen molar-refractivity contribution in [2.75, 3.05) is 12.4 Å². The van der Waals surface area contributed by atoms with Gasteiger partial charge in [0, 0.05) is 11.1 Å². The summed E-state index contributed by atoms with van der Waals surface area (Å²) in [5.74, 6) is 1.03. The summed E-state index contributed by atoms with van der Waals surface area (Å²) in [7, 11) is 1.66. The van der Waals surface area contributed by atoms with E-state index < -0.39 is 0 Å². The van der Waals surface area contributed by atoms with E-state index in [1.165, 1.54) is 0 Å². The number of nitrogens with one attached hydrogen (secondary N) is 1. The molecule has 0 radical (unpaired) electrons. The first-order chi connectivity index (χ1) is 14.3. The van der Waals surface area contributed by atoms with Crippen molar-refractivity contribution in [3.05, 3.63) is 114 Å². The maximum Gasteiger partial charge on any atom is 0.141 e. The van der Waals surface area contributed by atoms with Crippen LogP contribution in [0.15, 0.2) is 103 Å². The number of methoxy groups -OCH3 is 1. The van der Waals surface area contributed by atoms with Crippen molar-refractivity contribution >= 4 is 5.69 Å². The summed E-state index contributed by atoms with van der Waals surface area (Å²) in [6.07, 6.45) is 0. The minimum Gasteiger partial charge on any atom is -0.507 e. The van der Waals surface area contributed by atoms with E-state index in [1.807, 2.05) is 91.0 Å². The molecule has 0 saturated carbocycles. The van der Waals surface area contributed by atoms with E-state index in [0.717, 1.165) is 33.7 Å². The van der Waals surface area contributed by atoms with Crippen LogP contribution in [0.1, 0.15) is 17.2 Å². The number of benzene rings is 4. The van der Waals surface area contributed by atoms with Gasteiger partial charge >= 0.3 is 0 Å². The summed E-state index contributed by atoms with van der Waals surface area (Å²) >= 11 is 0. The third kappa shape index (κ3) is 3.94. The number of para-hydroxylation sites is 3. The average Bonchev–Trinajstić information content (AvgIpc) is 2.79. The number of hydrogen-bond donors (Lipinski definition) is 2. The molecule has 3 nitrogen and oxygen atoms in total. The molecule has 0 aliphatic heterocycles. The molecule has 0 saturated heterocycles. The van der Waals surface area contributed by atoms with Crippen LogP contribution in [0.2, 0.25) is 0 Å². The first-order valence-corrected chi connectivity index (χ1v) is 9.59. The van der Waals surface area contributed by atoms with Crippen LogP contribution in [0.5, 0.6) is 11.5 Å². The minimum absolute atomic E-state index is 0.240. The van der Waals surface area contributed by atoms with Gasteiger partial charge in [-0.05, 0) is 23.3 Å². The molecule has 144 valence electrons. The van der Waals surface area contributed by atoms with Crippen LogP contribution in [0.4, 0.5) is 5.69 Å². The molecule has 0 aliphatic carbocycles. The molecule has 0 aliphatic rings. The highest BCUT2D eigenvalue weighted by Gasteiger charge is 2.21. The molecule has 29 heavy (non-hydrogen) atoms. The lowest BCUT2D eigenvalue weighted by atomic mass is 9.93. The van der Waals surface area contributed by atoms with E-state index in [2.05, 4.69) is 17.4 Å². The molecule has 0 aromatic heterocycles. The van der Waals surface area contributed by atoms with Crippen LogP contribution >= 0.6 is 0 Å². The second kappa shape index (κ2) is 8.53. The summed E-state index contributed by atoms with van der Waals surface area (Å²) in [4.78, 5) is 0. The number of hydrogen-bond acceptors (Lipinski definition) is 3. The number of ether oxygens (including phenoxy) is 1. The molecule has 4 aromatic rings. The molecule has 4 rings (SSSR count). The fourth-order valence-corrected chi connectivity index (χ4v) is 3.55. The number of anilines is 1. The zero-order valence-electron chi connectivity index (χ0n) is 16.2. The first-order valence-electron chi connectivity index (χ1n) is 9.59. The van der Waals surface area contributed by atoms with Gasteiger partial charge in [-0.25, -0.2) is 0 Å². The molecule has 1 unspecified atom stereocenters. The van der Waals surface area contributed by atoms with Gasteiger partial charge in [0.05, 0.1) is 18.8 Å². The molecule has 0 bridgehead atoms. The minimum atomic E-state index is -0.240. The number of phenols is 1. The van der Waals surface area contributed by atoms with Gasteiger partial charge in [-0.1, -0.05) is 91.0 Å². The van der Waals surface area contributed by atoms with Crippen molar-refractivity contribution in [3.8, 4) is 22.6 Å². The first kappa shape index (κ1) is 18.6. The standard InChI is InChI=1S/C26H23NO2/c1-29-24-18-9-8-17-23(24)27-25(20-13-6-3-7-14-20)22-16-10-15-21(26(22)28)19-11-4-2-5-12-19/h2-18,25,27-28H,1H3. The third-order valence-electron chi connectivity index (χ3n) is 5.00. The Kier molecular flexibility index (Phi) is 5.48. The predicted molar refractivity (Wildman–Crippen MR) is 118 cm³/mol. The van der Waals surface area contributed by atoms with E-state index in [1.54, 1.807) is 7.11 Å². The lowest BCUT2D eigenvalue weighted by Gasteiger charge is -2.24. The van der Waals surface area contributed by atoms with Gasteiger partial charge in [-0.2, -0.15) is 0 Å². The Labute approximate surface area is 171 Å². The molecule has 3 heteroatoms. The maximum absolute atomic E-state index is 11.2. The predicted octanol–water partition coefficient (Wildman–Crippen LogP) is 6.27. The number of phenolic OH excluding ortho intramolecular Hbond substituents is 1. The Morgan fingerprint density at radius 1 is 0.724 bits per heavy atom. The zero-order chi connectivity index (χ0) is 20.1. The molecule has 2 N–H and O–H groups in total. The van der Waals surface area contributed by atoms with Crippen molar-refractivity contribution < 1.29 is 9.84 Å². The van der Waals surface area contributed by atoms with E-state index in [9.17, 15) is 5.11 Å². The molecular weight excluding hydrogens is 358 g/mol. The van der Waals surface area contributed by atoms with Gasteiger partial charge in [0.15, 0.2) is 0 Å². The number of rotatable bonds is 6. The fourth-order valence-electron chi connectivity index (χ4n) is 3.55. The van der Waals surface area contributed by atoms with Gasteiger partial charge in [0.2, 0.25) is 0 Å². The van der Waals surface area contributed by atoms with E-state index >= 15 is 0 Å². The van der Waals surface area contributed by atoms with E-state index in [-0.39, 0.29) is 11.8 Å². The van der Waals surface area contributed by atoms with Gasteiger partial charge < -0.3 is 15.2 Å². The SMILES string of the molecule is COc1ccccc1NC(c1ccccc1)c1cccc(-c2ccccc2)c1O. The summed E-state index contributed by atoms with van der Waals surface area (Å²) in [6, 6.07) is 33.5. The Morgan fingerprint density at radius 2 is 1.38 bits per heavy atom. The lowest BCUT2D eigenvalue weighted by Crippen LogP contribution is -2.13. The molecule has 0 amide bonds. The van der Waals surface area contributed by atoms with Crippen molar-refractivity contribution in [1.82, 2.24) is 0 Å². The van der Waals surface area contributed by atoms with Crippen molar-refractivity contribution in [2.24, 2.45) is 0 Å². The van der Waals surface area contributed by atoms with E-state index in [0.29, 0.717) is 0 Å². The van der Waals surface area contributed by atoms with Crippen molar-refractivity contribution in [2.45, 2.75) is 6.04 Å². The second-order valence-corrected chi connectivity index (χ2v) is 6.80. The molecular formula is C26H23NO2. The summed E-state index contributed by atoms with van der Waals surface area (Å²) in [6.45, 7) is 0. The molecule has 1 atom stereocenters. The third-order valence-corrected chi connectivity index (χ3v) is 5.00. The van der Waals surface area contributed by atoms with Crippen LogP contribution in [0, 0.1) is 0 Å². The summed E-state index contributed by atoms with van der Waals surface area (Å²) in [5.41, 5.74) is 4.53. The normalized spacial score (nSPS) is 11.6. The highest BCUT2D eigenvalue weighted by molar-refractivity contribution is 5.73. The fraction of sp³-hybridized carbons (Fsp3) is 0.0769. The molecule has 0 fully saturated rings. The Hall–Kier alpha value is -3.72. The van der Waals surface area contributed by atoms with Gasteiger partial charge in [0.25, 0.3) is 0 Å². The highest BCUT2D eigenvalue weighted by Crippen LogP contribution is 2.40. The largest absolute Gasteiger partial charge is 0.507 e. The monoisotopic (exact) mass is 381 g/mol. The molecule has 0 heterocycles. The topological polar surface area (TPSA) is 41.5 Å². The Balaban J connectivity index is 1.82. The lowest BCUT2D eigenvalue weighted by molar-refractivity contribution is 0.416. The quantitative estimate of drug-likeness (QED) is 0.414. The van der Waals surface area contributed by atoms with Gasteiger partial charge in [-0.15, -0.1) is 0 Å². The molecule has 0 spiro atoms. The number of aromatic hydroxyl groups is 1. The highest BCUT2D eigenvalue weighted by atomic mass is 16.5. The second-order valence-electron chi connectivity index (χ2n) is 6.80. The maximum atomic E-state index is 11.2. The van der Waals surface area contributed by atoms with Gasteiger partial charge in [-0.3, -0.25) is 0 Å². The van der Waals surface area contributed by atoms with E-state index in [4.69, 9.17) is 4.74 Å². The Bertz CT molecular complexity index is 1080. The van der Waals surface area contributed by atoms with Crippen molar-refractivity contribution in [3.63, 3.8) is 0 Å².